The maximum atomic E-state index is 12.4. The molecule has 0 saturated carbocycles. The third-order valence-electron chi connectivity index (χ3n) is 5.33. The molecule has 23 heavy (non-hydrogen) atoms. The quantitative estimate of drug-likeness (QED) is 0.904. The lowest BCUT2D eigenvalue weighted by molar-refractivity contribution is -0.126. The standard InChI is InChI=1S/C19H29N3O/c1-21-12-9-17(10-13-21)19(23)20-14-18-8-5-11-22(18)15-16-6-3-2-4-7-16/h2-4,6-7,17-18H,5,8-15H2,1H3,(H,20,23). The van der Waals surface area contributed by atoms with E-state index >= 15 is 0 Å². The van der Waals surface area contributed by atoms with Gasteiger partial charge >= 0.3 is 0 Å². The molecule has 2 saturated heterocycles. The van der Waals surface area contributed by atoms with Gasteiger partial charge in [0, 0.05) is 25.0 Å². The van der Waals surface area contributed by atoms with Crippen LogP contribution in [0.4, 0.5) is 0 Å². The third kappa shape index (κ3) is 4.55. The second-order valence-electron chi connectivity index (χ2n) is 7.07. The fraction of sp³-hybridized carbons (Fsp3) is 0.632. The van der Waals surface area contributed by atoms with Gasteiger partial charge in [0.05, 0.1) is 0 Å². The van der Waals surface area contributed by atoms with Crippen LogP contribution in [-0.4, -0.2) is 55.0 Å². The Morgan fingerprint density at radius 3 is 2.61 bits per heavy atom. The highest BCUT2D eigenvalue weighted by Gasteiger charge is 2.27. The van der Waals surface area contributed by atoms with Crippen LogP contribution in [0.1, 0.15) is 31.2 Å². The number of hydrogen-bond donors (Lipinski definition) is 1. The molecule has 0 bridgehead atoms. The van der Waals surface area contributed by atoms with E-state index in [9.17, 15) is 4.79 Å². The van der Waals surface area contributed by atoms with Gasteiger partial charge in [-0.2, -0.15) is 0 Å². The van der Waals surface area contributed by atoms with Gasteiger partial charge in [0.25, 0.3) is 0 Å². The summed E-state index contributed by atoms with van der Waals surface area (Å²) in [5, 5.41) is 3.23. The third-order valence-corrected chi connectivity index (χ3v) is 5.33. The lowest BCUT2D eigenvalue weighted by Gasteiger charge is -2.29. The van der Waals surface area contributed by atoms with E-state index in [0.717, 1.165) is 45.6 Å². The first-order chi connectivity index (χ1) is 11.2. The van der Waals surface area contributed by atoms with Crippen LogP contribution in [0.3, 0.4) is 0 Å². The smallest absolute Gasteiger partial charge is 0.223 e. The van der Waals surface area contributed by atoms with Crippen molar-refractivity contribution in [3.63, 3.8) is 0 Å². The molecule has 1 aromatic rings. The first kappa shape index (κ1) is 16.5. The van der Waals surface area contributed by atoms with Crippen LogP contribution in [0.25, 0.3) is 0 Å². The summed E-state index contributed by atoms with van der Waals surface area (Å²) in [6, 6.07) is 11.1. The SMILES string of the molecule is CN1CCC(C(=O)NCC2CCCN2Cc2ccccc2)CC1. The van der Waals surface area contributed by atoms with Crippen LogP contribution >= 0.6 is 0 Å². The zero-order valence-electron chi connectivity index (χ0n) is 14.2. The maximum absolute atomic E-state index is 12.4. The minimum atomic E-state index is 0.218. The van der Waals surface area contributed by atoms with Gasteiger partial charge in [0.15, 0.2) is 0 Å². The van der Waals surface area contributed by atoms with Crippen molar-refractivity contribution in [2.45, 2.75) is 38.3 Å². The average molecular weight is 315 g/mol. The van der Waals surface area contributed by atoms with E-state index in [4.69, 9.17) is 0 Å². The largest absolute Gasteiger partial charge is 0.354 e. The number of carbonyl (C=O) groups is 1. The second kappa shape index (κ2) is 7.93. The van der Waals surface area contributed by atoms with Crippen LogP contribution in [0.15, 0.2) is 30.3 Å². The van der Waals surface area contributed by atoms with E-state index in [-0.39, 0.29) is 11.8 Å². The predicted molar refractivity (Wildman–Crippen MR) is 93.1 cm³/mol. The number of hydrogen-bond acceptors (Lipinski definition) is 3. The van der Waals surface area contributed by atoms with Crippen LogP contribution in [-0.2, 0) is 11.3 Å². The number of benzene rings is 1. The maximum Gasteiger partial charge on any atom is 0.223 e. The summed E-state index contributed by atoms with van der Waals surface area (Å²) in [7, 11) is 2.13. The second-order valence-corrected chi connectivity index (χ2v) is 7.07. The highest BCUT2D eigenvalue weighted by atomic mass is 16.1. The summed E-state index contributed by atoms with van der Waals surface area (Å²) >= 11 is 0. The molecule has 1 unspecified atom stereocenters. The Labute approximate surface area is 139 Å². The zero-order chi connectivity index (χ0) is 16.1. The fourth-order valence-electron chi connectivity index (χ4n) is 3.79. The molecular formula is C19H29N3O. The van der Waals surface area contributed by atoms with E-state index in [1.165, 1.54) is 18.4 Å². The molecule has 0 aromatic heterocycles. The Kier molecular flexibility index (Phi) is 5.68. The van der Waals surface area contributed by atoms with Gasteiger partial charge in [0.1, 0.15) is 0 Å². The summed E-state index contributed by atoms with van der Waals surface area (Å²) in [6.45, 7) is 5.03. The van der Waals surface area contributed by atoms with Crippen LogP contribution < -0.4 is 5.32 Å². The minimum Gasteiger partial charge on any atom is -0.354 e. The number of carbonyl (C=O) groups excluding carboxylic acids is 1. The molecule has 1 amide bonds. The van der Waals surface area contributed by atoms with Gasteiger partial charge in [0.2, 0.25) is 5.91 Å². The molecule has 126 valence electrons. The van der Waals surface area contributed by atoms with Gasteiger partial charge in [-0.05, 0) is 57.9 Å². The van der Waals surface area contributed by atoms with Crippen molar-refractivity contribution in [3.05, 3.63) is 35.9 Å². The Balaban J connectivity index is 1.46. The first-order valence-corrected chi connectivity index (χ1v) is 8.96. The Morgan fingerprint density at radius 2 is 1.87 bits per heavy atom. The highest BCUT2D eigenvalue weighted by molar-refractivity contribution is 5.78. The van der Waals surface area contributed by atoms with Gasteiger partial charge in [-0.25, -0.2) is 0 Å². The molecular weight excluding hydrogens is 286 g/mol. The van der Waals surface area contributed by atoms with Crippen LogP contribution in [0.5, 0.6) is 0 Å². The summed E-state index contributed by atoms with van der Waals surface area (Å²) < 4.78 is 0. The Morgan fingerprint density at radius 1 is 1.13 bits per heavy atom. The first-order valence-electron chi connectivity index (χ1n) is 8.96. The molecule has 1 aromatic carbocycles. The minimum absolute atomic E-state index is 0.218. The van der Waals surface area contributed by atoms with E-state index in [1.54, 1.807) is 0 Å². The molecule has 3 rings (SSSR count). The van der Waals surface area contributed by atoms with Gasteiger partial charge in [-0.15, -0.1) is 0 Å². The molecule has 1 N–H and O–H groups in total. The van der Waals surface area contributed by atoms with Crippen molar-refractivity contribution >= 4 is 5.91 Å². The molecule has 2 aliphatic heterocycles. The zero-order valence-corrected chi connectivity index (χ0v) is 14.2. The van der Waals surface area contributed by atoms with Gasteiger partial charge < -0.3 is 10.2 Å². The van der Waals surface area contributed by atoms with Crippen molar-refractivity contribution in [2.75, 3.05) is 33.2 Å². The lowest BCUT2D eigenvalue weighted by atomic mass is 9.96. The van der Waals surface area contributed by atoms with Crippen molar-refractivity contribution in [1.82, 2.24) is 15.1 Å². The summed E-state index contributed by atoms with van der Waals surface area (Å²) in [4.78, 5) is 17.2. The molecule has 2 heterocycles. The number of piperidine rings is 1. The van der Waals surface area contributed by atoms with Crippen molar-refractivity contribution in [3.8, 4) is 0 Å². The van der Waals surface area contributed by atoms with E-state index in [2.05, 4.69) is 52.5 Å². The number of nitrogens with zero attached hydrogens (tertiary/aromatic N) is 2. The fourth-order valence-corrected chi connectivity index (χ4v) is 3.79. The monoisotopic (exact) mass is 315 g/mol. The summed E-state index contributed by atoms with van der Waals surface area (Å²) in [6.07, 6.45) is 4.43. The number of likely N-dealkylation sites (tertiary alicyclic amines) is 2. The van der Waals surface area contributed by atoms with Crippen molar-refractivity contribution in [1.29, 1.82) is 0 Å². The van der Waals surface area contributed by atoms with E-state index in [0.29, 0.717) is 6.04 Å². The molecule has 2 aliphatic rings. The van der Waals surface area contributed by atoms with Crippen molar-refractivity contribution < 1.29 is 4.79 Å². The number of nitrogens with one attached hydrogen (secondary N) is 1. The predicted octanol–water partition coefficient (Wildman–Crippen LogP) is 2.11. The number of rotatable bonds is 5. The Bertz CT molecular complexity index is 497. The molecule has 0 radical (unpaired) electrons. The lowest BCUT2D eigenvalue weighted by Crippen LogP contribution is -2.44. The molecule has 2 fully saturated rings. The summed E-state index contributed by atoms with van der Waals surface area (Å²) in [5.41, 5.74) is 1.36. The highest BCUT2D eigenvalue weighted by Crippen LogP contribution is 2.20. The van der Waals surface area contributed by atoms with Gasteiger partial charge in [-0.1, -0.05) is 30.3 Å². The molecule has 4 nitrogen and oxygen atoms in total. The molecule has 1 atom stereocenters. The van der Waals surface area contributed by atoms with Gasteiger partial charge in [-0.3, -0.25) is 9.69 Å². The van der Waals surface area contributed by atoms with Crippen LogP contribution in [0.2, 0.25) is 0 Å². The number of amides is 1. The van der Waals surface area contributed by atoms with E-state index in [1.807, 2.05) is 0 Å². The normalized spacial score (nSPS) is 24.0. The molecule has 4 heteroatoms. The van der Waals surface area contributed by atoms with Crippen LogP contribution in [0, 0.1) is 5.92 Å². The van der Waals surface area contributed by atoms with E-state index < -0.39 is 0 Å². The van der Waals surface area contributed by atoms with Crippen molar-refractivity contribution in [2.24, 2.45) is 5.92 Å². The average Bonchev–Trinajstić information content (AvgIpc) is 3.01. The Hall–Kier alpha value is -1.39. The molecule has 0 aliphatic carbocycles. The topological polar surface area (TPSA) is 35.6 Å². The summed E-state index contributed by atoms with van der Waals surface area (Å²) in [5.74, 6) is 0.486. The molecule has 0 spiro atoms.